The number of benzene rings is 1. The first-order valence-corrected chi connectivity index (χ1v) is 7.11. The molecule has 1 N–H and O–H groups in total. The van der Waals surface area contributed by atoms with Crippen LogP contribution in [0.15, 0.2) is 35.6 Å². The molecule has 0 aromatic heterocycles. The summed E-state index contributed by atoms with van der Waals surface area (Å²) in [5.74, 6) is 0.211. The topological polar surface area (TPSA) is 63.6 Å². The lowest BCUT2D eigenvalue weighted by Crippen LogP contribution is -2.33. The summed E-state index contributed by atoms with van der Waals surface area (Å²) in [5.41, 5.74) is 1.33. The number of phenolic OH excluding ortho intramolecular Hbond substituents is 1. The maximum absolute atomic E-state index is 12.5. The Morgan fingerprint density at radius 1 is 1.14 bits per heavy atom. The number of ketones is 1. The highest BCUT2D eigenvalue weighted by Gasteiger charge is 2.41. The van der Waals surface area contributed by atoms with Gasteiger partial charge in [0.2, 0.25) is 0 Å². The highest BCUT2D eigenvalue weighted by molar-refractivity contribution is 6.00. The molecule has 1 heterocycles. The number of carbonyl (C=O) groups excluding carboxylic acids is 2. The second-order valence-electron chi connectivity index (χ2n) is 6.60. The minimum absolute atomic E-state index is 0.0619. The minimum atomic E-state index is -0.294. The van der Waals surface area contributed by atoms with Gasteiger partial charge in [-0.3, -0.25) is 9.59 Å². The van der Waals surface area contributed by atoms with E-state index in [1.165, 1.54) is 0 Å². The molecule has 1 aliphatic carbocycles. The monoisotopic (exact) mass is 286 g/mol. The molecule has 1 aromatic rings. The molecule has 0 bridgehead atoms. The Morgan fingerprint density at radius 2 is 1.81 bits per heavy atom. The molecule has 0 amide bonds. The highest BCUT2D eigenvalue weighted by Crippen LogP contribution is 2.45. The molecule has 1 aliphatic heterocycles. The fraction of sp³-hybridized carbons (Fsp3) is 0.412. The molecule has 3 rings (SSSR count). The molecule has 21 heavy (non-hydrogen) atoms. The number of carbonyl (C=O) groups is 2. The van der Waals surface area contributed by atoms with E-state index in [2.05, 4.69) is 0 Å². The molecule has 4 nitrogen and oxygen atoms in total. The number of aromatic hydroxyl groups is 1. The van der Waals surface area contributed by atoms with Gasteiger partial charge in [0.25, 0.3) is 0 Å². The van der Waals surface area contributed by atoms with Crippen molar-refractivity contribution in [2.75, 3.05) is 0 Å². The zero-order chi connectivity index (χ0) is 15.2. The summed E-state index contributed by atoms with van der Waals surface area (Å²) in [5, 5.41) is 9.39. The van der Waals surface area contributed by atoms with Gasteiger partial charge in [-0.25, -0.2) is 0 Å². The Kier molecular flexibility index (Phi) is 3.12. The van der Waals surface area contributed by atoms with E-state index in [0.29, 0.717) is 24.2 Å². The van der Waals surface area contributed by atoms with E-state index in [4.69, 9.17) is 4.74 Å². The number of phenols is 1. The fourth-order valence-electron chi connectivity index (χ4n) is 3.20. The average Bonchev–Trinajstić information content (AvgIpc) is 2.36. The maximum atomic E-state index is 12.5. The molecule has 1 aromatic carbocycles. The first kappa shape index (κ1) is 13.9. The van der Waals surface area contributed by atoms with Crippen LogP contribution in [0.3, 0.4) is 0 Å². The van der Waals surface area contributed by atoms with Crippen LogP contribution in [0.1, 0.15) is 44.6 Å². The van der Waals surface area contributed by atoms with Crippen molar-refractivity contribution in [1.29, 1.82) is 0 Å². The van der Waals surface area contributed by atoms with Gasteiger partial charge >= 0.3 is 5.97 Å². The summed E-state index contributed by atoms with van der Waals surface area (Å²) in [7, 11) is 0. The average molecular weight is 286 g/mol. The molecule has 0 spiro atoms. The van der Waals surface area contributed by atoms with Crippen LogP contribution in [0.25, 0.3) is 0 Å². The van der Waals surface area contributed by atoms with Crippen LogP contribution in [0.4, 0.5) is 0 Å². The number of ether oxygens (including phenoxy) is 1. The normalized spacial score (nSPS) is 24.6. The predicted molar refractivity (Wildman–Crippen MR) is 76.6 cm³/mol. The van der Waals surface area contributed by atoms with E-state index in [1.54, 1.807) is 24.3 Å². The molecular weight excluding hydrogens is 268 g/mol. The van der Waals surface area contributed by atoms with Crippen molar-refractivity contribution < 1.29 is 19.4 Å². The van der Waals surface area contributed by atoms with Crippen molar-refractivity contribution in [2.45, 2.75) is 39.0 Å². The van der Waals surface area contributed by atoms with Crippen LogP contribution in [-0.2, 0) is 14.3 Å². The van der Waals surface area contributed by atoms with Gasteiger partial charge in [0.15, 0.2) is 5.78 Å². The molecule has 0 saturated carbocycles. The van der Waals surface area contributed by atoms with E-state index in [0.717, 1.165) is 5.56 Å². The zero-order valence-corrected chi connectivity index (χ0v) is 12.2. The van der Waals surface area contributed by atoms with Crippen molar-refractivity contribution in [3.8, 4) is 5.75 Å². The lowest BCUT2D eigenvalue weighted by atomic mass is 9.71. The summed E-state index contributed by atoms with van der Waals surface area (Å²) in [6.07, 6.45) is 1.25. The molecule has 4 heteroatoms. The number of hydrogen-bond donors (Lipinski definition) is 1. The van der Waals surface area contributed by atoms with Crippen LogP contribution in [0.2, 0.25) is 0 Å². The van der Waals surface area contributed by atoms with Crippen LogP contribution < -0.4 is 0 Å². The molecular formula is C17H18O4. The number of esters is 1. The third-order valence-corrected chi connectivity index (χ3v) is 4.13. The number of hydrogen-bond acceptors (Lipinski definition) is 4. The maximum Gasteiger partial charge on any atom is 0.311 e. The van der Waals surface area contributed by atoms with Crippen molar-refractivity contribution in [3.63, 3.8) is 0 Å². The first-order valence-electron chi connectivity index (χ1n) is 7.11. The second kappa shape index (κ2) is 4.72. The first-order chi connectivity index (χ1) is 9.85. The number of rotatable bonds is 1. The van der Waals surface area contributed by atoms with Gasteiger partial charge in [0.05, 0.1) is 6.42 Å². The van der Waals surface area contributed by atoms with Crippen molar-refractivity contribution in [2.24, 2.45) is 5.41 Å². The standard InChI is InChI=1S/C17H18O4/c1-17(2)8-13(19)16-12(7-15(20)21-14(16)9-17)10-3-5-11(18)6-4-10/h3-6,12,18H,7-9H2,1-2H3. The van der Waals surface area contributed by atoms with E-state index >= 15 is 0 Å². The lowest BCUT2D eigenvalue weighted by molar-refractivity contribution is -0.142. The van der Waals surface area contributed by atoms with E-state index < -0.39 is 0 Å². The van der Waals surface area contributed by atoms with Gasteiger partial charge in [-0.2, -0.15) is 0 Å². The quantitative estimate of drug-likeness (QED) is 0.806. The van der Waals surface area contributed by atoms with Crippen molar-refractivity contribution in [1.82, 2.24) is 0 Å². The Morgan fingerprint density at radius 3 is 2.48 bits per heavy atom. The van der Waals surface area contributed by atoms with Gasteiger partial charge in [-0.15, -0.1) is 0 Å². The van der Waals surface area contributed by atoms with Crippen LogP contribution in [0, 0.1) is 5.41 Å². The molecule has 110 valence electrons. The molecule has 0 fully saturated rings. The number of allylic oxidation sites excluding steroid dienone is 2. The zero-order valence-electron chi connectivity index (χ0n) is 12.2. The van der Waals surface area contributed by atoms with E-state index in [1.807, 2.05) is 13.8 Å². The molecule has 2 aliphatic rings. The predicted octanol–water partition coefficient (Wildman–Crippen LogP) is 3.07. The molecule has 1 unspecified atom stereocenters. The van der Waals surface area contributed by atoms with E-state index in [9.17, 15) is 14.7 Å². The Balaban J connectivity index is 2.06. The second-order valence-corrected chi connectivity index (χ2v) is 6.60. The van der Waals surface area contributed by atoms with Gasteiger partial charge in [0, 0.05) is 24.3 Å². The smallest absolute Gasteiger partial charge is 0.311 e. The molecule has 1 atom stereocenters. The van der Waals surface area contributed by atoms with Gasteiger partial charge < -0.3 is 9.84 Å². The van der Waals surface area contributed by atoms with Crippen LogP contribution in [-0.4, -0.2) is 16.9 Å². The Bertz CT molecular complexity index is 637. The third-order valence-electron chi connectivity index (χ3n) is 4.13. The fourth-order valence-corrected chi connectivity index (χ4v) is 3.20. The summed E-state index contributed by atoms with van der Waals surface area (Å²) in [6.45, 7) is 4.01. The van der Waals surface area contributed by atoms with Gasteiger partial charge in [-0.1, -0.05) is 26.0 Å². The van der Waals surface area contributed by atoms with Gasteiger partial charge in [0.1, 0.15) is 11.5 Å². The van der Waals surface area contributed by atoms with Crippen molar-refractivity contribution >= 4 is 11.8 Å². The molecule has 0 saturated heterocycles. The summed E-state index contributed by atoms with van der Waals surface area (Å²) < 4.78 is 5.34. The lowest BCUT2D eigenvalue weighted by Gasteiger charge is -2.36. The number of Topliss-reactive ketones (excluding diaryl/α,β-unsaturated/α-hetero) is 1. The van der Waals surface area contributed by atoms with Crippen LogP contribution in [0.5, 0.6) is 5.75 Å². The van der Waals surface area contributed by atoms with Gasteiger partial charge in [-0.05, 0) is 23.1 Å². The summed E-state index contributed by atoms with van der Waals surface area (Å²) in [6, 6.07) is 6.67. The van der Waals surface area contributed by atoms with Crippen LogP contribution >= 0.6 is 0 Å². The highest BCUT2D eigenvalue weighted by atomic mass is 16.5. The largest absolute Gasteiger partial charge is 0.508 e. The SMILES string of the molecule is CC1(C)CC(=O)C2=C(C1)OC(=O)CC2c1ccc(O)cc1. The van der Waals surface area contributed by atoms with Crippen molar-refractivity contribution in [3.05, 3.63) is 41.2 Å². The third kappa shape index (κ3) is 2.58. The molecule has 0 radical (unpaired) electrons. The summed E-state index contributed by atoms with van der Waals surface area (Å²) >= 11 is 0. The summed E-state index contributed by atoms with van der Waals surface area (Å²) in [4.78, 5) is 24.4. The van der Waals surface area contributed by atoms with E-state index in [-0.39, 0.29) is 35.3 Å². The Hall–Kier alpha value is -2.10. The minimum Gasteiger partial charge on any atom is -0.508 e. The Labute approximate surface area is 123 Å².